The summed E-state index contributed by atoms with van der Waals surface area (Å²) in [5, 5.41) is 0.138. The Hall–Kier alpha value is -1.89. The molecule has 2 aromatic rings. The molecule has 25 heavy (non-hydrogen) atoms. The molecule has 1 fully saturated rings. The monoisotopic (exact) mass is 360 g/mol. The lowest BCUT2D eigenvalue weighted by Gasteiger charge is -2.29. The summed E-state index contributed by atoms with van der Waals surface area (Å²) in [5.41, 5.74) is 3.43. The average molecular weight is 360 g/mol. The third kappa shape index (κ3) is 2.84. The third-order valence-electron chi connectivity index (χ3n) is 5.05. The SMILES string of the molecule is CC(C)(C)S(=O)(=O)c1ccc(N2CCc3c(ncn3C3CC3)C2)cn1. The maximum atomic E-state index is 12.5. The van der Waals surface area contributed by atoms with Crippen LogP contribution in [0, 0.1) is 0 Å². The summed E-state index contributed by atoms with van der Waals surface area (Å²) in [6.07, 6.45) is 7.14. The lowest BCUT2D eigenvalue weighted by molar-refractivity contribution is 0.556. The molecular formula is C18H24N4O2S. The van der Waals surface area contributed by atoms with Crippen molar-refractivity contribution in [2.45, 2.75) is 62.4 Å². The average Bonchev–Trinajstić information content (AvgIpc) is 3.33. The summed E-state index contributed by atoms with van der Waals surface area (Å²) < 4.78 is 26.5. The Kier molecular flexibility index (Phi) is 3.68. The number of fused-ring (bicyclic) bond motifs is 1. The fourth-order valence-corrected chi connectivity index (χ4v) is 4.32. The highest BCUT2D eigenvalue weighted by atomic mass is 32.2. The van der Waals surface area contributed by atoms with E-state index in [2.05, 4.69) is 19.4 Å². The first-order valence-corrected chi connectivity index (χ1v) is 10.3. The minimum absolute atomic E-state index is 0.138. The van der Waals surface area contributed by atoms with Crippen molar-refractivity contribution in [3.8, 4) is 0 Å². The Bertz CT molecular complexity index is 890. The second-order valence-electron chi connectivity index (χ2n) is 7.92. The number of imidazole rings is 1. The van der Waals surface area contributed by atoms with Crippen LogP contribution in [-0.4, -0.2) is 34.2 Å². The number of pyridine rings is 1. The van der Waals surface area contributed by atoms with Crippen molar-refractivity contribution < 1.29 is 8.42 Å². The maximum Gasteiger partial charge on any atom is 0.200 e. The zero-order valence-electron chi connectivity index (χ0n) is 14.9. The van der Waals surface area contributed by atoms with Crippen molar-refractivity contribution in [3.05, 3.63) is 36.0 Å². The van der Waals surface area contributed by atoms with Gasteiger partial charge in [-0.2, -0.15) is 0 Å². The predicted molar refractivity (Wildman–Crippen MR) is 96.4 cm³/mol. The summed E-state index contributed by atoms with van der Waals surface area (Å²) in [7, 11) is -3.42. The van der Waals surface area contributed by atoms with Crippen molar-refractivity contribution in [2.24, 2.45) is 0 Å². The van der Waals surface area contributed by atoms with E-state index in [-0.39, 0.29) is 5.03 Å². The summed E-state index contributed by atoms with van der Waals surface area (Å²) in [5.74, 6) is 0. The van der Waals surface area contributed by atoms with Crippen LogP contribution in [0.3, 0.4) is 0 Å². The molecule has 3 heterocycles. The van der Waals surface area contributed by atoms with Gasteiger partial charge in [-0.3, -0.25) is 0 Å². The van der Waals surface area contributed by atoms with E-state index in [4.69, 9.17) is 0 Å². The zero-order chi connectivity index (χ0) is 17.8. The Morgan fingerprint density at radius 1 is 1.16 bits per heavy atom. The molecule has 0 aromatic carbocycles. The molecule has 0 amide bonds. The van der Waals surface area contributed by atoms with Crippen molar-refractivity contribution in [1.82, 2.24) is 14.5 Å². The van der Waals surface area contributed by atoms with Gasteiger partial charge in [-0.05, 0) is 45.7 Å². The van der Waals surface area contributed by atoms with E-state index in [0.29, 0.717) is 6.04 Å². The molecule has 7 heteroatoms. The van der Waals surface area contributed by atoms with Crippen molar-refractivity contribution in [2.75, 3.05) is 11.4 Å². The second kappa shape index (κ2) is 5.56. The van der Waals surface area contributed by atoms with Crippen LogP contribution in [0.2, 0.25) is 0 Å². The second-order valence-corrected chi connectivity index (χ2v) is 10.6. The molecular weight excluding hydrogens is 336 g/mol. The van der Waals surface area contributed by atoms with E-state index in [9.17, 15) is 8.42 Å². The van der Waals surface area contributed by atoms with Gasteiger partial charge in [0.05, 0.1) is 35.2 Å². The van der Waals surface area contributed by atoms with Gasteiger partial charge in [0.15, 0.2) is 14.9 Å². The van der Waals surface area contributed by atoms with E-state index in [1.165, 1.54) is 18.5 Å². The first kappa shape index (κ1) is 16.6. The van der Waals surface area contributed by atoms with Gasteiger partial charge < -0.3 is 9.47 Å². The van der Waals surface area contributed by atoms with Crippen molar-refractivity contribution in [1.29, 1.82) is 0 Å². The van der Waals surface area contributed by atoms with E-state index < -0.39 is 14.6 Å². The molecule has 2 aromatic heterocycles. The summed E-state index contributed by atoms with van der Waals surface area (Å²) >= 11 is 0. The Morgan fingerprint density at radius 3 is 2.52 bits per heavy atom. The molecule has 2 aliphatic rings. The molecule has 0 N–H and O–H groups in total. The first-order chi connectivity index (χ1) is 11.8. The smallest absolute Gasteiger partial charge is 0.200 e. The minimum Gasteiger partial charge on any atom is -0.364 e. The molecule has 0 spiro atoms. The van der Waals surface area contributed by atoms with Crippen molar-refractivity contribution in [3.63, 3.8) is 0 Å². The molecule has 6 nitrogen and oxygen atoms in total. The molecule has 0 saturated heterocycles. The van der Waals surface area contributed by atoms with E-state index >= 15 is 0 Å². The summed E-state index contributed by atoms with van der Waals surface area (Å²) in [6, 6.07) is 4.13. The van der Waals surface area contributed by atoms with Gasteiger partial charge in [0.25, 0.3) is 0 Å². The highest BCUT2D eigenvalue weighted by Gasteiger charge is 2.33. The van der Waals surface area contributed by atoms with Gasteiger partial charge in [-0.1, -0.05) is 0 Å². The Morgan fingerprint density at radius 2 is 1.92 bits per heavy atom. The topological polar surface area (TPSA) is 68.1 Å². The van der Waals surface area contributed by atoms with Gasteiger partial charge in [0, 0.05) is 24.7 Å². The van der Waals surface area contributed by atoms with Crippen LogP contribution in [0.25, 0.3) is 0 Å². The summed E-state index contributed by atoms with van der Waals surface area (Å²) in [4.78, 5) is 11.0. The summed E-state index contributed by atoms with van der Waals surface area (Å²) in [6.45, 7) is 6.74. The standard InChI is InChI=1S/C18H24N4O2S/c1-18(2,3)25(23,24)17-7-6-14(10-19-17)21-9-8-16-15(11-21)20-12-22(16)13-4-5-13/h6-7,10,12-13H,4-5,8-9,11H2,1-3H3. The van der Waals surface area contributed by atoms with Gasteiger partial charge in [-0.15, -0.1) is 0 Å². The normalized spacial score (nSPS) is 18.3. The molecule has 0 unspecified atom stereocenters. The van der Waals surface area contributed by atoms with Crippen LogP contribution in [0.15, 0.2) is 29.7 Å². The van der Waals surface area contributed by atoms with Crippen LogP contribution in [0.5, 0.6) is 0 Å². The van der Waals surface area contributed by atoms with Crippen LogP contribution in [0.4, 0.5) is 5.69 Å². The number of hydrogen-bond acceptors (Lipinski definition) is 5. The maximum absolute atomic E-state index is 12.5. The quantitative estimate of drug-likeness (QED) is 0.842. The van der Waals surface area contributed by atoms with Crippen LogP contribution in [-0.2, 0) is 22.8 Å². The Balaban J connectivity index is 1.55. The van der Waals surface area contributed by atoms with Crippen LogP contribution < -0.4 is 4.90 Å². The molecule has 0 atom stereocenters. The minimum atomic E-state index is -3.42. The fourth-order valence-electron chi connectivity index (χ4n) is 3.25. The largest absolute Gasteiger partial charge is 0.364 e. The van der Waals surface area contributed by atoms with E-state index in [0.717, 1.165) is 30.9 Å². The van der Waals surface area contributed by atoms with E-state index in [1.807, 2.05) is 12.4 Å². The predicted octanol–water partition coefficient (Wildman–Crippen LogP) is 2.75. The van der Waals surface area contributed by atoms with Gasteiger partial charge in [0.1, 0.15) is 0 Å². The highest BCUT2D eigenvalue weighted by Crippen LogP contribution is 2.37. The zero-order valence-corrected chi connectivity index (χ0v) is 15.8. The van der Waals surface area contributed by atoms with Gasteiger partial charge in [0.2, 0.25) is 0 Å². The van der Waals surface area contributed by atoms with Crippen LogP contribution in [0.1, 0.15) is 51.0 Å². The molecule has 134 valence electrons. The Labute approximate surface area is 148 Å². The molecule has 0 radical (unpaired) electrons. The third-order valence-corrected chi connectivity index (χ3v) is 7.45. The molecule has 4 rings (SSSR count). The number of anilines is 1. The first-order valence-electron chi connectivity index (χ1n) is 8.77. The lowest BCUT2D eigenvalue weighted by atomic mass is 10.1. The van der Waals surface area contributed by atoms with Gasteiger partial charge >= 0.3 is 0 Å². The van der Waals surface area contributed by atoms with E-state index in [1.54, 1.807) is 33.0 Å². The molecule has 0 bridgehead atoms. The lowest BCUT2D eigenvalue weighted by Crippen LogP contribution is -2.32. The molecule has 1 aliphatic carbocycles. The number of sulfone groups is 1. The van der Waals surface area contributed by atoms with Crippen LogP contribution >= 0.6 is 0 Å². The molecule has 1 aliphatic heterocycles. The van der Waals surface area contributed by atoms with Gasteiger partial charge in [-0.25, -0.2) is 18.4 Å². The highest BCUT2D eigenvalue weighted by molar-refractivity contribution is 7.92. The number of hydrogen-bond donors (Lipinski definition) is 0. The number of aromatic nitrogens is 3. The van der Waals surface area contributed by atoms with Crippen molar-refractivity contribution >= 4 is 15.5 Å². The number of rotatable bonds is 3. The molecule has 1 saturated carbocycles. The fraction of sp³-hybridized carbons (Fsp3) is 0.556. The number of nitrogens with zero attached hydrogens (tertiary/aromatic N) is 4.